The second-order valence-electron chi connectivity index (χ2n) is 4.03. The van der Waals surface area contributed by atoms with E-state index in [1.54, 1.807) is 12.1 Å². The Morgan fingerprint density at radius 1 is 1.62 bits per heavy atom. The number of nitrogens with one attached hydrogen (secondary N) is 1. The molecule has 0 unspecified atom stereocenters. The van der Waals surface area contributed by atoms with E-state index in [-0.39, 0.29) is 21.6 Å². The largest absolute Gasteiger partial charge is 0.440 e. The van der Waals surface area contributed by atoms with Gasteiger partial charge in [-0.1, -0.05) is 6.42 Å². The molecular weight excluding hydrogens is 246 g/mol. The molecule has 0 aliphatic heterocycles. The molecule has 3 nitrogen and oxygen atoms in total. The number of rotatable bonds is 4. The molecule has 16 heavy (non-hydrogen) atoms. The van der Waals surface area contributed by atoms with Crippen molar-refractivity contribution < 1.29 is 9.21 Å². The van der Waals surface area contributed by atoms with E-state index in [0.717, 1.165) is 0 Å². The number of thioether (sulfide) groups is 1. The Balaban J connectivity index is 1.88. The third-order valence-electron chi connectivity index (χ3n) is 3.07. The lowest BCUT2D eigenvalue weighted by atomic mass is 9.84. The predicted octanol–water partition coefficient (Wildman–Crippen LogP) is 2.95. The number of halogens is 1. The van der Waals surface area contributed by atoms with Crippen LogP contribution >= 0.6 is 23.4 Å². The molecule has 0 saturated heterocycles. The highest BCUT2D eigenvalue weighted by molar-refractivity contribution is 8.00. The van der Waals surface area contributed by atoms with Gasteiger partial charge in [0.15, 0.2) is 11.0 Å². The van der Waals surface area contributed by atoms with Gasteiger partial charge in [-0.3, -0.25) is 4.79 Å². The molecule has 0 radical (unpaired) electrons. The van der Waals surface area contributed by atoms with Gasteiger partial charge in [0.1, 0.15) is 0 Å². The Kier molecular flexibility index (Phi) is 3.50. The number of hydrogen-bond acceptors (Lipinski definition) is 3. The fourth-order valence-electron chi connectivity index (χ4n) is 1.79. The van der Waals surface area contributed by atoms with Crippen LogP contribution in [0.15, 0.2) is 16.5 Å². The Labute approximate surface area is 104 Å². The highest BCUT2D eigenvalue weighted by Crippen LogP contribution is 2.42. The first kappa shape index (κ1) is 11.9. The van der Waals surface area contributed by atoms with Gasteiger partial charge in [0.2, 0.25) is 0 Å². The van der Waals surface area contributed by atoms with E-state index in [0.29, 0.717) is 6.54 Å². The lowest BCUT2D eigenvalue weighted by molar-refractivity contribution is 0.0916. The van der Waals surface area contributed by atoms with Crippen molar-refractivity contribution in [3.8, 4) is 0 Å². The maximum Gasteiger partial charge on any atom is 0.287 e. The third kappa shape index (κ3) is 2.38. The van der Waals surface area contributed by atoms with Crippen molar-refractivity contribution in [2.75, 3.05) is 12.8 Å². The zero-order valence-corrected chi connectivity index (χ0v) is 10.7. The molecule has 1 heterocycles. The van der Waals surface area contributed by atoms with Crippen LogP contribution < -0.4 is 5.32 Å². The van der Waals surface area contributed by atoms with Crippen molar-refractivity contribution in [2.24, 2.45) is 0 Å². The molecule has 88 valence electrons. The summed E-state index contributed by atoms with van der Waals surface area (Å²) >= 11 is 7.44. The molecular formula is C11H14ClNO2S. The highest BCUT2D eigenvalue weighted by atomic mass is 35.5. The summed E-state index contributed by atoms with van der Waals surface area (Å²) in [6, 6.07) is 3.16. The number of amides is 1. The minimum absolute atomic E-state index is 0.188. The number of carbonyl (C=O) groups excluding carboxylic acids is 1. The van der Waals surface area contributed by atoms with Gasteiger partial charge in [0.05, 0.1) is 0 Å². The Morgan fingerprint density at radius 2 is 2.38 bits per heavy atom. The topological polar surface area (TPSA) is 42.2 Å². The monoisotopic (exact) mass is 259 g/mol. The SMILES string of the molecule is CSC1(CNC(=O)c2ccc(Cl)o2)CCC1. The normalized spacial score (nSPS) is 17.9. The summed E-state index contributed by atoms with van der Waals surface area (Å²) in [6.45, 7) is 0.700. The van der Waals surface area contributed by atoms with E-state index in [9.17, 15) is 4.79 Å². The summed E-state index contributed by atoms with van der Waals surface area (Å²) in [6.07, 6.45) is 5.69. The predicted molar refractivity (Wildman–Crippen MR) is 66.1 cm³/mol. The quantitative estimate of drug-likeness (QED) is 0.904. The van der Waals surface area contributed by atoms with Gasteiger partial charge in [-0.25, -0.2) is 0 Å². The minimum atomic E-state index is -0.188. The molecule has 0 atom stereocenters. The molecule has 1 saturated carbocycles. The maximum atomic E-state index is 11.7. The number of hydrogen-bond donors (Lipinski definition) is 1. The van der Waals surface area contributed by atoms with Gasteiger partial charge < -0.3 is 9.73 Å². The summed E-state index contributed by atoms with van der Waals surface area (Å²) in [5.74, 6) is 0.0906. The molecule has 1 aliphatic carbocycles. The molecule has 5 heteroatoms. The van der Waals surface area contributed by atoms with E-state index in [1.807, 2.05) is 11.8 Å². The molecule has 0 bridgehead atoms. The summed E-state index contributed by atoms with van der Waals surface area (Å²) in [7, 11) is 0. The van der Waals surface area contributed by atoms with Gasteiger partial charge in [0.25, 0.3) is 5.91 Å². The minimum Gasteiger partial charge on any atom is -0.440 e. The molecule has 1 aromatic rings. The third-order valence-corrected chi connectivity index (χ3v) is 4.69. The fourth-order valence-corrected chi connectivity index (χ4v) is 2.85. The lowest BCUT2D eigenvalue weighted by Crippen LogP contribution is -2.45. The molecule has 1 N–H and O–H groups in total. The molecule has 1 fully saturated rings. The van der Waals surface area contributed by atoms with Gasteiger partial charge in [-0.15, -0.1) is 0 Å². The van der Waals surface area contributed by atoms with Crippen molar-refractivity contribution in [1.82, 2.24) is 5.32 Å². The van der Waals surface area contributed by atoms with Crippen LogP contribution in [0.2, 0.25) is 5.22 Å². The van der Waals surface area contributed by atoms with E-state index in [4.69, 9.17) is 16.0 Å². The Hall–Kier alpha value is -0.610. The Morgan fingerprint density at radius 3 is 2.81 bits per heavy atom. The molecule has 1 aliphatic rings. The summed E-state index contributed by atoms with van der Waals surface area (Å²) in [5.41, 5.74) is 0. The van der Waals surface area contributed by atoms with Crippen LogP contribution in [0.3, 0.4) is 0 Å². The lowest BCUT2D eigenvalue weighted by Gasteiger charge is -2.40. The molecule has 0 aromatic carbocycles. The summed E-state index contributed by atoms with van der Waals surface area (Å²) < 4.78 is 5.28. The average Bonchev–Trinajstić information content (AvgIpc) is 2.64. The van der Waals surface area contributed by atoms with Crippen LogP contribution in [-0.4, -0.2) is 23.5 Å². The van der Waals surface area contributed by atoms with E-state index < -0.39 is 0 Å². The van der Waals surface area contributed by atoms with Crippen molar-refractivity contribution >= 4 is 29.3 Å². The zero-order chi connectivity index (χ0) is 11.6. The van der Waals surface area contributed by atoms with Gasteiger partial charge in [0, 0.05) is 11.3 Å². The van der Waals surface area contributed by atoms with Crippen molar-refractivity contribution in [1.29, 1.82) is 0 Å². The van der Waals surface area contributed by atoms with E-state index in [2.05, 4.69) is 11.6 Å². The van der Waals surface area contributed by atoms with Crippen LogP contribution in [0.4, 0.5) is 0 Å². The second-order valence-corrected chi connectivity index (χ2v) is 5.67. The van der Waals surface area contributed by atoms with Gasteiger partial charge in [-0.05, 0) is 42.8 Å². The number of carbonyl (C=O) groups is 1. The molecule has 0 spiro atoms. The van der Waals surface area contributed by atoms with Crippen LogP contribution in [0.1, 0.15) is 29.8 Å². The first-order chi connectivity index (χ1) is 7.65. The van der Waals surface area contributed by atoms with Crippen LogP contribution in [0.25, 0.3) is 0 Å². The maximum absolute atomic E-state index is 11.7. The highest BCUT2D eigenvalue weighted by Gasteiger charge is 2.36. The molecule has 2 rings (SSSR count). The Bertz CT molecular complexity index is 382. The van der Waals surface area contributed by atoms with Gasteiger partial charge in [-0.2, -0.15) is 11.8 Å². The van der Waals surface area contributed by atoms with Gasteiger partial charge >= 0.3 is 0 Å². The van der Waals surface area contributed by atoms with Crippen molar-refractivity contribution in [2.45, 2.75) is 24.0 Å². The number of furan rings is 1. The first-order valence-corrected chi connectivity index (χ1v) is 6.84. The fraction of sp³-hybridized carbons (Fsp3) is 0.545. The van der Waals surface area contributed by atoms with Crippen molar-refractivity contribution in [3.63, 3.8) is 0 Å². The second kappa shape index (κ2) is 4.72. The smallest absolute Gasteiger partial charge is 0.287 e. The van der Waals surface area contributed by atoms with E-state index in [1.165, 1.54) is 19.3 Å². The van der Waals surface area contributed by atoms with Crippen LogP contribution in [0.5, 0.6) is 0 Å². The standard InChI is InChI=1S/C11H14ClNO2S/c1-16-11(5-2-6-11)7-13-10(14)8-3-4-9(12)15-8/h3-4H,2,5-7H2,1H3,(H,13,14). The zero-order valence-electron chi connectivity index (χ0n) is 9.09. The first-order valence-electron chi connectivity index (χ1n) is 5.24. The van der Waals surface area contributed by atoms with Crippen LogP contribution in [0, 0.1) is 0 Å². The average molecular weight is 260 g/mol. The van der Waals surface area contributed by atoms with Crippen molar-refractivity contribution in [3.05, 3.63) is 23.1 Å². The molecule has 1 amide bonds. The van der Waals surface area contributed by atoms with E-state index >= 15 is 0 Å². The molecule has 1 aromatic heterocycles. The van der Waals surface area contributed by atoms with Crippen LogP contribution in [-0.2, 0) is 0 Å². The summed E-state index contributed by atoms with van der Waals surface area (Å²) in [5, 5.41) is 3.14. The summed E-state index contributed by atoms with van der Waals surface area (Å²) in [4.78, 5) is 11.7.